The van der Waals surface area contributed by atoms with E-state index in [4.69, 9.17) is 4.99 Å². The third-order valence-corrected chi connectivity index (χ3v) is 2.68. The third kappa shape index (κ3) is 4.05. The minimum Gasteiger partial charge on any atom is -0.394 e. The fraction of sp³-hybridized carbons (Fsp3) is 0.500. The van der Waals surface area contributed by atoms with Gasteiger partial charge in [0.1, 0.15) is 0 Å². The van der Waals surface area contributed by atoms with Gasteiger partial charge in [0.2, 0.25) is 0 Å². The molecule has 0 aromatic heterocycles. The molecule has 16 heavy (non-hydrogen) atoms. The van der Waals surface area contributed by atoms with Gasteiger partial charge in [-0.25, -0.2) is 0 Å². The van der Waals surface area contributed by atoms with E-state index in [2.05, 4.69) is 49.5 Å². The van der Waals surface area contributed by atoms with Crippen molar-refractivity contribution in [1.29, 1.82) is 0 Å². The van der Waals surface area contributed by atoms with Gasteiger partial charge in [-0.3, -0.25) is 4.99 Å². The standard InChI is InChI=1S/C14H22N2/c1-4-13-9-7-5-6-8-12(2)16-14(13)10-11-15-3/h5-7,9-13,15H,4,8H2,1-3H3/b6-5-,9-7-,11-10-,16-14-. The number of allylic oxidation sites excluding steroid dienone is 4. The Bertz CT molecular complexity index is 311. The molecule has 0 bridgehead atoms. The van der Waals surface area contributed by atoms with Crippen LogP contribution in [0.3, 0.4) is 0 Å². The van der Waals surface area contributed by atoms with Gasteiger partial charge in [-0.1, -0.05) is 31.2 Å². The second-order valence-corrected chi connectivity index (χ2v) is 4.09. The maximum atomic E-state index is 4.77. The quantitative estimate of drug-likeness (QED) is 0.773. The molecule has 0 aliphatic carbocycles. The van der Waals surface area contributed by atoms with Crippen LogP contribution in [0.25, 0.3) is 0 Å². The average Bonchev–Trinajstić information content (AvgIpc) is 2.37. The lowest BCUT2D eigenvalue weighted by Crippen LogP contribution is -2.13. The van der Waals surface area contributed by atoms with Crippen LogP contribution < -0.4 is 5.32 Å². The third-order valence-electron chi connectivity index (χ3n) is 2.68. The Morgan fingerprint density at radius 1 is 1.50 bits per heavy atom. The number of aliphatic imine (C=N–C) groups is 1. The summed E-state index contributed by atoms with van der Waals surface area (Å²) in [7, 11) is 1.91. The van der Waals surface area contributed by atoms with Gasteiger partial charge in [0, 0.05) is 18.7 Å². The van der Waals surface area contributed by atoms with E-state index in [0.717, 1.165) is 12.8 Å². The lowest BCUT2D eigenvalue weighted by Gasteiger charge is -2.12. The molecule has 2 heteroatoms. The van der Waals surface area contributed by atoms with Crippen molar-refractivity contribution in [1.82, 2.24) is 5.32 Å². The molecule has 2 unspecified atom stereocenters. The van der Waals surface area contributed by atoms with Crippen molar-refractivity contribution in [3.63, 3.8) is 0 Å². The lowest BCUT2D eigenvalue weighted by atomic mass is 9.99. The van der Waals surface area contributed by atoms with Crippen molar-refractivity contribution in [2.45, 2.75) is 32.7 Å². The first-order chi connectivity index (χ1) is 7.77. The van der Waals surface area contributed by atoms with Gasteiger partial charge < -0.3 is 5.32 Å². The van der Waals surface area contributed by atoms with Crippen LogP contribution in [0.2, 0.25) is 0 Å². The predicted molar refractivity (Wildman–Crippen MR) is 71.8 cm³/mol. The lowest BCUT2D eigenvalue weighted by molar-refractivity contribution is 0.738. The van der Waals surface area contributed by atoms with Crippen molar-refractivity contribution in [3.8, 4) is 0 Å². The highest BCUT2D eigenvalue weighted by atomic mass is 14.8. The Morgan fingerprint density at radius 2 is 2.31 bits per heavy atom. The first-order valence-electron chi connectivity index (χ1n) is 6.02. The highest BCUT2D eigenvalue weighted by molar-refractivity contribution is 5.98. The minimum atomic E-state index is 0.363. The topological polar surface area (TPSA) is 24.4 Å². The van der Waals surface area contributed by atoms with Gasteiger partial charge in [0.15, 0.2) is 0 Å². The molecule has 0 amide bonds. The molecule has 1 N–H and O–H groups in total. The average molecular weight is 218 g/mol. The molecule has 88 valence electrons. The van der Waals surface area contributed by atoms with Crippen LogP contribution in [-0.4, -0.2) is 18.8 Å². The number of hydrogen-bond donors (Lipinski definition) is 1. The Balaban J connectivity index is 2.93. The maximum Gasteiger partial charge on any atom is 0.0509 e. The molecule has 2 nitrogen and oxygen atoms in total. The number of nitrogens with one attached hydrogen (secondary N) is 1. The molecule has 0 radical (unpaired) electrons. The number of hydrogen-bond acceptors (Lipinski definition) is 2. The van der Waals surface area contributed by atoms with Crippen molar-refractivity contribution in [3.05, 3.63) is 36.6 Å². The van der Waals surface area contributed by atoms with Gasteiger partial charge >= 0.3 is 0 Å². The van der Waals surface area contributed by atoms with Crippen LogP contribution in [0.5, 0.6) is 0 Å². The summed E-state index contributed by atoms with van der Waals surface area (Å²) in [5.74, 6) is 0.426. The fourth-order valence-corrected chi connectivity index (χ4v) is 1.73. The predicted octanol–water partition coefficient (Wildman–Crippen LogP) is 3.09. The Kier molecular flexibility index (Phi) is 5.62. The molecule has 0 fully saturated rings. The zero-order valence-corrected chi connectivity index (χ0v) is 10.5. The van der Waals surface area contributed by atoms with Crippen LogP contribution in [0, 0.1) is 5.92 Å². The van der Waals surface area contributed by atoms with Crippen molar-refractivity contribution in [2.24, 2.45) is 10.9 Å². The van der Waals surface area contributed by atoms with Crippen molar-refractivity contribution < 1.29 is 0 Å². The van der Waals surface area contributed by atoms with Crippen LogP contribution in [0.15, 0.2) is 41.6 Å². The molecule has 1 rings (SSSR count). The first-order valence-corrected chi connectivity index (χ1v) is 6.02. The number of rotatable bonds is 3. The van der Waals surface area contributed by atoms with E-state index in [0.29, 0.717) is 12.0 Å². The summed E-state index contributed by atoms with van der Waals surface area (Å²) in [6.07, 6.45) is 14.8. The monoisotopic (exact) mass is 218 g/mol. The smallest absolute Gasteiger partial charge is 0.0509 e. The highest BCUT2D eigenvalue weighted by Gasteiger charge is 2.10. The molecule has 0 aromatic rings. The van der Waals surface area contributed by atoms with Gasteiger partial charge in [0.25, 0.3) is 0 Å². The van der Waals surface area contributed by atoms with Crippen LogP contribution >= 0.6 is 0 Å². The summed E-state index contributed by atoms with van der Waals surface area (Å²) in [6, 6.07) is 0.363. The van der Waals surface area contributed by atoms with Crippen molar-refractivity contribution in [2.75, 3.05) is 7.05 Å². The van der Waals surface area contributed by atoms with Gasteiger partial charge in [-0.2, -0.15) is 0 Å². The SMILES string of the molecule is CCC1/C=C\C=C/CC(C)/N=C1/C=C\NC. The zero-order valence-electron chi connectivity index (χ0n) is 10.5. The molecule has 0 saturated heterocycles. The summed E-state index contributed by atoms with van der Waals surface area (Å²) < 4.78 is 0. The molecule has 1 aliphatic rings. The van der Waals surface area contributed by atoms with E-state index in [1.165, 1.54) is 5.71 Å². The second-order valence-electron chi connectivity index (χ2n) is 4.09. The summed E-state index contributed by atoms with van der Waals surface area (Å²) in [6.45, 7) is 4.36. The summed E-state index contributed by atoms with van der Waals surface area (Å²) >= 11 is 0. The molecule has 1 heterocycles. The summed E-state index contributed by atoms with van der Waals surface area (Å²) in [4.78, 5) is 4.77. The maximum absolute atomic E-state index is 4.77. The molecular weight excluding hydrogens is 196 g/mol. The fourth-order valence-electron chi connectivity index (χ4n) is 1.73. The van der Waals surface area contributed by atoms with Crippen LogP contribution in [-0.2, 0) is 0 Å². The number of nitrogens with zero attached hydrogens (tertiary/aromatic N) is 1. The van der Waals surface area contributed by atoms with Crippen molar-refractivity contribution >= 4 is 5.71 Å². The van der Waals surface area contributed by atoms with Gasteiger partial charge in [-0.15, -0.1) is 0 Å². The van der Waals surface area contributed by atoms with Gasteiger partial charge in [0.05, 0.1) is 6.04 Å². The Labute approximate surface area is 98.9 Å². The summed E-state index contributed by atoms with van der Waals surface area (Å²) in [5, 5.41) is 3.03. The zero-order chi connectivity index (χ0) is 11.8. The van der Waals surface area contributed by atoms with E-state index < -0.39 is 0 Å². The van der Waals surface area contributed by atoms with Crippen LogP contribution in [0.1, 0.15) is 26.7 Å². The Hall–Kier alpha value is -1.31. The first kappa shape index (κ1) is 12.8. The molecular formula is C14H22N2. The van der Waals surface area contributed by atoms with E-state index >= 15 is 0 Å². The van der Waals surface area contributed by atoms with E-state index in [1.54, 1.807) is 0 Å². The molecule has 2 atom stereocenters. The normalized spacial score (nSPS) is 33.3. The van der Waals surface area contributed by atoms with Crippen LogP contribution in [0.4, 0.5) is 0 Å². The molecule has 1 aliphatic heterocycles. The summed E-state index contributed by atoms with van der Waals surface area (Å²) in [5.41, 5.74) is 1.17. The molecule has 0 spiro atoms. The van der Waals surface area contributed by atoms with E-state index in [9.17, 15) is 0 Å². The molecule has 0 saturated carbocycles. The highest BCUT2D eigenvalue weighted by Crippen LogP contribution is 2.13. The van der Waals surface area contributed by atoms with E-state index in [-0.39, 0.29) is 0 Å². The van der Waals surface area contributed by atoms with Gasteiger partial charge in [-0.05, 0) is 32.0 Å². The van der Waals surface area contributed by atoms with E-state index in [1.807, 2.05) is 13.2 Å². The second kappa shape index (κ2) is 7.04. The largest absolute Gasteiger partial charge is 0.394 e. The Morgan fingerprint density at radius 3 is 3.00 bits per heavy atom. The minimum absolute atomic E-state index is 0.363. The molecule has 0 aromatic carbocycles.